The third-order valence-electron chi connectivity index (χ3n) is 3.77. The second-order valence-electron chi connectivity index (χ2n) is 4.63. The van der Waals surface area contributed by atoms with Crippen LogP contribution in [0.5, 0.6) is 0 Å². The van der Waals surface area contributed by atoms with Crippen molar-refractivity contribution in [2.24, 2.45) is 5.92 Å². The molecular weight excluding hydrogens is 252 g/mol. The topological polar surface area (TPSA) is 78.4 Å². The Kier molecular flexibility index (Phi) is 5.95. The first-order chi connectivity index (χ1) is 8.56. The predicted octanol–water partition coefficient (Wildman–Crippen LogP) is 0.699. The van der Waals surface area contributed by atoms with Crippen LogP contribution in [0.3, 0.4) is 0 Å². The van der Waals surface area contributed by atoms with E-state index in [1.807, 2.05) is 0 Å². The van der Waals surface area contributed by atoms with E-state index in [9.17, 15) is 14.7 Å². The molecule has 104 valence electrons. The van der Waals surface area contributed by atoms with Crippen LogP contribution in [-0.2, 0) is 9.59 Å². The first-order valence-corrected chi connectivity index (χ1v) is 7.43. The maximum atomic E-state index is 11.4. The van der Waals surface area contributed by atoms with Gasteiger partial charge in [0.2, 0.25) is 5.91 Å². The van der Waals surface area contributed by atoms with Crippen LogP contribution in [0, 0.1) is 5.92 Å². The molecule has 5 nitrogen and oxygen atoms in total. The Morgan fingerprint density at radius 1 is 1.44 bits per heavy atom. The number of carbonyl (C=O) groups excluding carboxylic acids is 1. The quantitative estimate of drug-likeness (QED) is 0.596. The monoisotopic (exact) mass is 274 g/mol. The first-order valence-electron chi connectivity index (χ1n) is 6.27. The van der Waals surface area contributed by atoms with Crippen LogP contribution < -0.4 is 10.6 Å². The molecule has 1 saturated carbocycles. The van der Waals surface area contributed by atoms with Crippen molar-refractivity contribution in [2.45, 2.75) is 31.2 Å². The third kappa shape index (κ3) is 3.38. The highest BCUT2D eigenvalue weighted by Crippen LogP contribution is 2.38. The number of amides is 1. The molecule has 2 unspecified atom stereocenters. The van der Waals surface area contributed by atoms with Crippen molar-refractivity contribution in [3.63, 3.8) is 0 Å². The number of thioether (sulfide) groups is 1. The number of carboxylic acid groups (broad SMARTS) is 1. The highest BCUT2D eigenvalue weighted by molar-refractivity contribution is 7.99. The lowest BCUT2D eigenvalue weighted by Gasteiger charge is -2.30. The number of nitrogens with one attached hydrogen (secondary N) is 2. The van der Waals surface area contributed by atoms with E-state index in [0.29, 0.717) is 12.2 Å². The predicted molar refractivity (Wildman–Crippen MR) is 72.8 cm³/mol. The summed E-state index contributed by atoms with van der Waals surface area (Å²) in [5.74, 6) is 0.711. The SMILES string of the molecule is CNC(=O)CSCCC1CCCC1(NC)C(=O)O. The second-order valence-corrected chi connectivity index (χ2v) is 5.74. The Morgan fingerprint density at radius 2 is 2.17 bits per heavy atom. The molecule has 0 aliphatic heterocycles. The van der Waals surface area contributed by atoms with Crippen LogP contribution >= 0.6 is 11.8 Å². The number of rotatable bonds is 7. The molecule has 1 fully saturated rings. The summed E-state index contributed by atoms with van der Waals surface area (Å²) in [5, 5.41) is 15.0. The number of carboxylic acids is 1. The zero-order valence-electron chi connectivity index (χ0n) is 11.0. The molecule has 0 saturated heterocycles. The van der Waals surface area contributed by atoms with Crippen LogP contribution in [0.1, 0.15) is 25.7 Å². The van der Waals surface area contributed by atoms with Gasteiger partial charge < -0.3 is 15.7 Å². The fraction of sp³-hybridized carbons (Fsp3) is 0.833. The number of likely N-dealkylation sites (N-methyl/N-ethyl adjacent to an activating group) is 1. The molecule has 2 atom stereocenters. The average Bonchev–Trinajstić information content (AvgIpc) is 2.78. The van der Waals surface area contributed by atoms with Gasteiger partial charge in [0.25, 0.3) is 0 Å². The summed E-state index contributed by atoms with van der Waals surface area (Å²) in [4.78, 5) is 22.5. The van der Waals surface area contributed by atoms with Gasteiger partial charge in [-0.3, -0.25) is 9.59 Å². The fourth-order valence-corrected chi connectivity index (χ4v) is 3.57. The molecule has 6 heteroatoms. The summed E-state index contributed by atoms with van der Waals surface area (Å²) in [5.41, 5.74) is -0.756. The largest absolute Gasteiger partial charge is 0.480 e. The summed E-state index contributed by atoms with van der Waals surface area (Å²) in [6.45, 7) is 0. The smallest absolute Gasteiger partial charge is 0.324 e. The minimum absolute atomic E-state index is 0.0181. The van der Waals surface area contributed by atoms with Gasteiger partial charge in [-0.25, -0.2) is 0 Å². The summed E-state index contributed by atoms with van der Waals surface area (Å²) >= 11 is 1.56. The van der Waals surface area contributed by atoms with E-state index in [0.717, 1.165) is 25.0 Å². The number of hydrogen-bond donors (Lipinski definition) is 3. The van der Waals surface area contributed by atoms with Gasteiger partial charge in [0.05, 0.1) is 5.75 Å². The summed E-state index contributed by atoms with van der Waals surface area (Å²) < 4.78 is 0. The molecule has 1 rings (SSSR count). The lowest BCUT2D eigenvalue weighted by atomic mass is 9.85. The Labute approximate surface area is 112 Å². The molecule has 0 aromatic heterocycles. The number of hydrogen-bond acceptors (Lipinski definition) is 4. The molecule has 18 heavy (non-hydrogen) atoms. The first kappa shape index (κ1) is 15.3. The number of carbonyl (C=O) groups is 2. The fourth-order valence-electron chi connectivity index (χ4n) is 2.65. The Balaban J connectivity index is 2.41. The molecular formula is C12H22N2O3S. The highest BCUT2D eigenvalue weighted by atomic mass is 32.2. The molecule has 0 aromatic rings. The molecule has 1 aliphatic carbocycles. The van der Waals surface area contributed by atoms with E-state index in [-0.39, 0.29) is 11.8 Å². The molecule has 1 amide bonds. The minimum Gasteiger partial charge on any atom is -0.480 e. The molecule has 0 spiro atoms. The summed E-state index contributed by atoms with van der Waals surface area (Å²) in [6.07, 6.45) is 3.45. The van der Waals surface area contributed by atoms with Gasteiger partial charge in [-0.2, -0.15) is 11.8 Å². The molecule has 0 bridgehead atoms. The molecule has 0 aromatic carbocycles. The zero-order valence-corrected chi connectivity index (χ0v) is 11.8. The molecule has 3 N–H and O–H groups in total. The van der Waals surface area contributed by atoms with Crippen LogP contribution in [-0.4, -0.2) is 48.1 Å². The number of aliphatic carboxylic acids is 1. The Morgan fingerprint density at radius 3 is 2.72 bits per heavy atom. The minimum atomic E-state index is -0.756. The molecule has 0 heterocycles. The standard InChI is InChI=1S/C12H22N2O3S/c1-13-10(15)8-18-7-5-9-4-3-6-12(9,14-2)11(16)17/h9,14H,3-8H2,1-2H3,(H,13,15)(H,16,17). The maximum Gasteiger partial charge on any atom is 0.324 e. The van der Waals surface area contributed by atoms with Crippen molar-refractivity contribution in [1.29, 1.82) is 0 Å². The van der Waals surface area contributed by atoms with Crippen LogP contribution in [0.2, 0.25) is 0 Å². The van der Waals surface area contributed by atoms with Gasteiger partial charge in [0, 0.05) is 7.05 Å². The second kappa shape index (κ2) is 6.99. The van der Waals surface area contributed by atoms with Gasteiger partial charge in [0.1, 0.15) is 5.54 Å². The van der Waals surface area contributed by atoms with Crippen LogP contribution in [0.25, 0.3) is 0 Å². The average molecular weight is 274 g/mol. The lowest BCUT2D eigenvalue weighted by molar-refractivity contribution is -0.146. The van der Waals surface area contributed by atoms with Crippen LogP contribution in [0.15, 0.2) is 0 Å². The van der Waals surface area contributed by atoms with Gasteiger partial charge in [0.15, 0.2) is 0 Å². The van der Waals surface area contributed by atoms with Gasteiger partial charge in [-0.15, -0.1) is 0 Å². The Hall–Kier alpha value is -0.750. The van der Waals surface area contributed by atoms with Crippen molar-refractivity contribution < 1.29 is 14.7 Å². The van der Waals surface area contributed by atoms with E-state index in [4.69, 9.17) is 0 Å². The van der Waals surface area contributed by atoms with E-state index in [1.165, 1.54) is 0 Å². The van der Waals surface area contributed by atoms with E-state index < -0.39 is 11.5 Å². The zero-order chi connectivity index (χ0) is 13.6. The summed E-state index contributed by atoms with van der Waals surface area (Å²) in [6, 6.07) is 0. The van der Waals surface area contributed by atoms with Crippen molar-refractivity contribution in [3.05, 3.63) is 0 Å². The third-order valence-corrected chi connectivity index (χ3v) is 4.76. The van der Waals surface area contributed by atoms with Gasteiger partial charge >= 0.3 is 5.97 Å². The molecule has 0 radical (unpaired) electrons. The Bertz CT molecular complexity index is 312. The van der Waals surface area contributed by atoms with Gasteiger partial charge in [-0.1, -0.05) is 6.42 Å². The van der Waals surface area contributed by atoms with Crippen molar-refractivity contribution in [1.82, 2.24) is 10.6 Å². The normalized spacial score (nSPS) is 27.1. The molecule has 1 aliphatic rings. The maximum absolute atomic E-state index is 11.4. The lowest BCUT2D eigenvalue weighted by Crippen LogP contribution is -2.53. The van der Waals surface area contributed by atoms with Gasteiger partial charge in [-0.05, 0) is 38.0 Å². The van der Waals surface area contributed by atoms with Crippen molar-refractivity contribution in [2.75, 3.05) is 25.6 Å². The van der Waals surface area contributed by atoms with Crippen LogP contribution in [0.4, 0.5) is 0 Å². The van der Waals surface area contributed by atoms with E-state index in [2.05, 4.69) is 10.6 Å². The van der Waals surface area contributed by atoms with Crippen molar-refractivity contribution >= 4 is 23.6 Å². The van der Waals surface area contributed by atoms with Crippen molar-refractivity contribution in [3.8, 4) is 0 Å². The van der Waals surface area contributed by atoms with E-state index in [1.54, 1.807) is 25.9 Å². The van der Waals surface area contributed by atoms with E-state index >= 15 is 0 Å². The summed E-state index contributed by atoms with van der Waals surface area (Å²) in [7, 11) is 3.35. The highest BCUT2D eigenvalue weighted by Gasteiger charge is 2.47.